The predicted octanol–water partition coefficient (Wildman–Crippen LogP) is 0.861. The Morgan fingerprint density at radius 1 is 1.04 bits per heavy atom. The molecule has 0 aromatic heterocycles. The molecule has 2 fully saturated rings. The van der Waals surface area contributed by atoms with Gasteiger partial charge in [0.1, 0.15) is 23.7 Å². The van der Waals surface area contributed by atoms with Crippen LogP contribution in [0, 0.1) is 11.8 Å². The topological polar surface area (TPSA) is 205 Å². The van der Waals surface area contributed by atoms with Crippen molar-refractivity contribution in [3.8, 4) is 0 Å². The molecule has 3 atom stereocenters. The van der Waals surface area contributed by atoms with Crippen molar-refractivity contribution < 1.29 is 32.3 Å². The van der Waals surface area contributed by atoms with E-state index < -0.39 is 51.7 Å². The van der Waals surface area contributed by atoms with Crippen LogP contribution < -0.4 is 26.6 Å². The van der Waals surface area contributed by atoms with E-state index in [2.05, 4.69) is 25.9 Å². The van der Waals surface area contributed by atoms with Gasteiger partial charge in [0.25, 0.3) is 5.91 Å². The lowest BCUT2D eigenvalue weighted by atomic mass is 9.96. The number of nitrogens with one attached hydrogen (secondary N) is 4. The van der Waals surface area contributed by atoms with Gasteiger partial charge in [-0.15, -0.1) is 0 Å². The number of benzene rings is 1. The van der Waals surface area contributed by atoms with Crippen LogP contribution in [-0.2, 0) is 35.6 Å². The largest absolute Gasteiger partial charge is 0.443 e. The molecular weight excluding hydrogens is 640 g/mol. The number of rotatable bonds is 12. The fraction of sp³-hybridized carbons (Fsp3) is 0.656. The summed E-state index contributed by atoms with van der Waals surface area (Å²) in [7, 11) is -3.68. The van der Waals surface area contributed by atoms with Crippen molar-refractivity contribution in [2.75, 3.05) is 32.4 Å². The number of amides is 4. The highest BCUT2D eigenvalue weighted by atomic mass is 32.2. The summed E-state index contributed by atoms with van der Waals surface area (Å²) in [6, 6.07) is 6.62. The first-order valence-corrected chi connectivity index (χ1v) is 18.3. The minimum Gasteiger partial charge on any atom is -0.443 e. The molecular formula is C32H52N8O7S. The van der Waals surface area contributed by atoms with Crippen LogP contribution >= 0.6 is 0 Å². The third-order valence-corrected chi connectivity index (χ3v) is 8.88. The van der Waals surface area contributed by atoms with E-state index in [0.717, 1.165) is 11.8 Å². The molecule has 16 heteroatoms. The minimum atomic E-state index is -3.68. The molecule has 1 aromatic rings. The Bertz CT molecular complexity index is 1410. The van der Waals surface area contributed by atoms with Crippen LogP contribution in [0.25, 0.3) is 0 Å². The number of nitrogens with zero attached hydrogens (tertiary/aromatic N) is 3. The first kappa shape index (κ1) is 38.7. The Morgan fingerprint density at radius 3 is 2.27 bits per heavy atom. The van der Waals surface area contributed by atoms with E-state index in [0.29, 0.717) is 51.9 Å². The summed E-state index contributed by atoms with van der Waals surface area (Å²) in [6.45, 7) is 10.7. The maximum absolute atomic E-state index is 13.6. The maximum Gasteiger partial charge on any atom is 0.422 e. The normalized spacial score (nSPS) is 19.1. The first-order valence-electron chi connectivity index (χ1n) is 16.4. The second-order valence-electron chi connectivity index (χ2n) is 13.8. The number of piperidine rings is 1. The number of likely N-dealkylation sites (tertiary alicyclic amines) is 2. The molecule has 48 heavy (non-hydrogen) atoms. The van der Waals surface area contributed by atoms with E-state index in [1.165, 1.54) is 4.90 Å². The van der Waals surface area contributed by atoms with E-state index in [9.17, 15) is 27.6 Å². The van der Waals surface area contributed by atoms with Gasteiger partial charge in [0.05, 0.1) is 6.26 Å². The molecule has 0 spiro atoms. The summed E-state index contributed by atoms with van der Waals surface area (Å²) >= 11 is 0. The molecule has 0 radical (unpaired) electrons. The molecule has 2 aliphatic heterocycles. The zero-order chi connectivity index (χ0) is 35.6. The van der Waals surface area contributed by atoms with Crippen molar-refractivity contribution in [2.45, 2.75) is 90.4 Å². The first-order chi connectivity index (χ1) is 22.4. The highest BCUT2D eigenvalue weighted by Crippen LogP contribution is 2.21. The average Bonchev–Trinajstić information content (AvgIpc) is 3.48. The molecule has 2 saturated heterocycles. The summed E-state index contributed by atoms with van der Waals surface area (Å²) in [5.74, 6) is -1.17. The van der Waals surface area contributed by atoms with Crippen molar-refractivity contribution >= 4 is 39.8 Å². The van der Waals surface area contributed by atoms with Crippen LogP contribution in [-0.4, -0.2) is 104 Å². The summed E-state index contributed by atoms with van der Waals surface area (Å²) in [5, 5.41) is 3.00. The lowest BCUT2D eigenvalue weighted by molar-refractivity contribution is -0.139. The van der Waals surface area contributed by atoms with Gasteiger partial charge >= 0.3 is 6.09 Å². The number of carbonyl (C=O) groups excluding carboxylic acids is 4. The van der Waals surface area contributed by atoms with Crippen LogP contribution in [0.5, 0.6) is 0 Å². The highest BCUT2D eigenvalue weighted by Gasteiger charge is 2.38. The van der Waals surface area contributed by atoms with Crippen LogP contribution in [0.15, 0.2) is 35.3 Å². The monoisotopic (exact) mass is 692 g/mol. The summed E-state index contributed by atoms with van der Waals surface area (Å²) in [5.41, 5.74) is 11.4. The molecule has 268 valence electrons. The molecule has 6 N–H and O–H groups in total. The fourth-order valence-corrected chi connectivity index (χ4v) is 6.43. The van der Waals surface area contributed by atoms with Crippen LogP contribution in [0.4, 0.5) is 4.79 Å². The second kappa shape index (κ2) is 17.1. The number of hydrogen-bond acceptors (Lipinski definition) is 8. The number of carbonyl (C=O) groups is 4. The van der Waals surface area contributed by atoms with E-state index in [1.54, 1.807) is 20.8 Å². The van der Waals surface area contributed by atoms with Gasteiger partial charge in [0, 0.05) is 26.2 Å². The molecule has 2 heterocycles. The molecule has 1 aromatic carbocycles. The Hall–Kier alpha value is -3.76. The van der Waals surface area contributed by atoms with Crippen molar-refractivity contribution in [2.24, 2.45) is 22.6 Å². The van der Waals surface area contributed by atoms with E-state index in [4.69, 9.17) is 10.5 Å². The van der Waals surface area contributed by atoms with Gasteiger partial charge in [0.15, 0.2) is 5.96 Å². The zero-order valence-corrected chi connectivity index (χ0v) is 29.6. The maximum atomic E-state index is 13.6. The average molecular weight is 693 g/mol. The molecule has 3 rings (SSSR count). The van der Waals surface area contributed by atoms with Crippen molar-refractivity contribution in [1.82, 2.24) is 30.7 Å². The minimum absolute atomic E-state index is 0.0834. The molecule has 0 aliphatic carbocycles. The van der Waals surface area contributed by atoms with Crippen molar-refractivity contribution in [3.63, 3.8) is 0 Å². The SMILES string of the molecule is CC(C)[C@H](NNC(=O)OC(C)(C)C)C(=O)N=C(N)N1CCC(CNC(=O)[C@@H]2CCCN2C(=O)[C@@H](Cc2ccccc2)NS(C)(=O)=O)CC1. The van der Waals surface area contributed by atoms with Gasteiger partial charge in [0.2, 0.25) is 21.8 Å². The van der Waals surface area contributed by atoms with Gasteiger partial charge < -0.3 is 25.6 Å². The summed E-state index contributed by atoms with van der Waals surface area (Å²) < 4.78 is 31.8. The number of ether oxygens (including phenoxy) is 1. The predicted molar refractivity (Wildman–Crippen MR) is 182 cm³/mol. The number of guanidine groups is 1. The molecule has 0 unspecified atom stereocenters. The molecule has 4 amide bonds. The Balaban J connectivity index is 1.51. The lowest BCUT2D eigenvalue weighted by Gasteiger charge is -2.33. The number of aliphatic imine (C=N–C) groups is 1. The van der Waals surface area contributed by atoms with Gasteiger partial charge in [-0.1, -0.05) is 44.2 Å². The van der Waals surface area contributed by atoms with E-state index in [1.807, 2.05) is 49.1 Å². The second-order valence-corrected chi connectivity index (χ2v) is 15.6. The Labute approximate surface area is 283 Å². The quantitative estimate of drug-likeness (QED) is 0.119. The molecule has 2 aliphatic rings. The molecule has 0 bridgehead atoms. The highest BCUT2D eigenvalue weighted by molar-refractivity contribution is 7.88. The zero-order valence-electron chi connectivity index (χ0n) is 28.8. The van der Waals surface area contributed by atoms with Gasteiger partial charge in [-0.2, -0.15) is 4.99 Å². The molecule has 15 nitrogen and oxygen atoms in total. The number of hydrazine groups is 1. The number of sulfonamides is 1. The number of hydrogen-bond donors (Lipinski definition) is 5. The van der Waals surface area contributed by atoms with Gasteiger partial charge in [-0.3, -0.25) is 19.8 Å². The van der Waals surface area contributed by atoms with Crippen molar-refractivity contribution in [1.29, 1.82) is 0 Å². The van der Waals surface area contributed by atoms with Crippen LogP contribution in [0.3, 0.4) is 0 Å². The summed E-state index contributed by atoms with van der Waals surface area (Å²) in [6.07, 6.45) is 3.00. The van der Waals surface area contributed by atoms with Gasteiger partial charge in [-0.25, -0.2) is 23.4 Å². The van der Waals surface area contributed by atoms with Crippen molar-refractivity contribution in [3.05, 3.63) is 35.9 Å². The van der Waals surface area contributed by atoms with Crippen LogP contribution in [0.2, 0.25) is 0 Å². The summed E-state index contributed by atoms with van der Waals surface area (Å²) in [4.78, 5) is 59.2. The Morgan fingerprint density at radius 2 is 1.69 bits per heavy atom. The van der Waals surface area contributed by atoms with Gasteiger partial charge in [-0.05, 0) is 70.3 Å². The van der Waals surface area contributed by atoms with E-state index >= 15 is 0 Å². The van der Waals surface area contributed by atoms with Crippen LogP contribution in [0.1, 0.15) is 65.9 Å². The lowest BCUT2D eigenvalue weighted by Crippen LogP contribution is -2.54. The third-order valence-electron chi connectivity index (χ3n) is 8.17. The third kappa shape index (κ3) is 12.4. The molecule has 0 saturated carbocycles. The standard InChI is InChI=1S/C32H52N8O7S/c1-21(2)26(36-37-31(44)47-32(3,4)5)28(42)35-30(33)39-17-14-23(15-18-39)20-34-27(41)25-13-10-16-40(25)29(43)24(38-48(6,45)46)19-22-11-8-7-9-12-22/h7-9,11-12,21,23-26,36,38H,10,13-20H2,1-6H3,(H,34,41)(H,37,44)(H2,33,35,42)/t24-,25+,26+/m1/s1. The smallest absolute Gasteiger partial charge is 0.422 e. The Kier molecular flexibility index (Phi) is 13.8. The fourth-order valence-electron chi connectivity index (χ4n) is 5.73. The van der Waals surface area contributed by atoms with E-state index in [-0.39, 0.29) is 30.1 Å². The number of nitrogens with two attached hydrogens (primary N) is 1.